The smallest absolute Gasteiger partial charge is 0.268 e. The van der Waals surface area contributed by atoms with E-state index in [1.165, 1.54) is 16.2 Å². The molecule has 2 heterocycles. The summed E-state index contributed by atoms with van der Waals surface area (Å²) >= 11 is 7.83. The molecule has 1 aliphatic heterocycles. The number of imide groups is 1. The van der Waals surface area contributed by atoms with Crippen LogP contribution >= 0.6 is 22.9 Å². The van der Waals surface area contributed by atoms with Crippen LogP contribution in [0.2, 0.25) is 5.02 Å². The van der Waals surface area contributed by atoms with Crippen LogP contribution in [-0.2, 0) is 6.42 Å². The Bertz CT molecular complexity index is 779. The second-order valence-corrected chi connectivity index (χ2v) is 7.16. The predicted molar refractivity (Wildman–Crippen MR) is 95.0 cm³/mol. The molecule has 2 aromatic rings. The van der Waals surface area contributed by atoms with Crippen LogP contribution in [0, 0.1) is 13.8 Å². The molecular weight excluding hydrogens is 330 g/mol. The number of carbonyl (C=O) groups is 2. The number of hydrogen-bond donors (Lipinski definition) is 0. The van der Waals surface area contributed by atoms with Gasteiger partial charge in [-0.2, -0.15) is 0 Å². The van der Waals surface area contributed by atoms with Crippen molar-refractivity contribution in [2.45, 2.75) is 40.0 Å². The lowest BCUT2D eigenvalue weighted by molar-refractivity contribution is 0.0926. The van der Waals surface area contributed by atoms with E-state index in [9.17, 15) is 9.59 Å². The van der Waals surface area contributed by atoms with Crippen molar-refractivity contribution >= 4 is 40.4 Å². The number of aryl methyl sites for hydroxylation is 2. The van der Waals surface area contributed by atoms with E-state index in [0.29, 0.717) is 21.2 Å². The molecule has 1 aromatic carbocycles. The summed E-state index contributed by atoms with van der Waals surface area (Å²) in [5.41, 5.74) is 3.97. The molecule has 3 nitrogen and oxygen atoms in total. The van der Waals surface area contributed by atoms with Gasteiger partial charge in [0.1, 0.15) is 4.88 Å². The summed E-state index contributed by atoms with van der Waals surface area (Å²) in [4.78, 5) is 27.3. The van der Waals surface area contributed by atoms with Gasteiger partial charge in [-0.25, -0.2) is 4.90 Å². The maximum atomic E-state index is 12.7. The third kappa shape index (κ3) is 2.50. The molecule has 0 saturated heterocycles. The molecule has 0 bridgehead atoms. The van der Waals surface area contributed by atoms with Gasteiger partial charge in [-0.1, -0.05) is 31.0 Å². The molecule has 0 fully saturated rings. The van der Waals surface area contributed by atoms with Gasteiger partial charge in [-0.05, 0) is 54.8 Å². The summed E-state index contributed by atoms with van der Waals surface area (Å²) in [5, 5.41) is 2.44. The number of carbonyl (C=O) groups excluding carboxylic acids is 2. The van der Waals surface area contributed by atoms with E-state index in [4.69, 9.17) is 11.6 Å². The highest BCUT2D eigenvalue weighted by molar-refractivity contribution is 7.13. The third-order valence-corrected chi connectivity index (χ3v) is 5.63. The van der Waals surface area contributed by atoms with Gasteiger partial charge in [0.05, 0.1) is 11.3 Å². The van der Waals surface area contributed by atoms with Gasteiger partial charge in [0.25, 0.3) is 11.8 Å². The Morgan fingerprint density at radius 2 is 1.91 bits per heavy atom. The lowest BCUT2D eigenvalue weighted by atomic mass is 9.98. The van der Waals surface area contributed by atoms with Crippen molar-refractivity contribution in [1.82, 2.24) is 0 Å². The Labute approximate surface area is 144 Å². The molecule has 0 spiro atoms. The lowest BCUT2D eigenvalue weighted by Crippen LogP contribution is -2.31. The fraction of sp³-hybridized carbons (Fsp3) is 0.333. The van der Waals surface area contributed by atoms with E-state index in [1.807, 2.05) is 19.9 Å². The van der Waals surface area contributed by atoms with Gasteiger partial charge < -0.3 is 0 Å². The van der Waals surface area contributed by atoms with Crippen LogP contribution in [-0.4, -0.2) is 11.8 Å². The Morgan fingerprint density at radius 3 is 2.57 bits per heavy atom. The molecule has 5 heteroatoms. The minimum atomic E-state index is -0.244. The zero-order valence-electron chi connectivity index (χ0n) is 13.4. The number of unbranched alkanes of at least 4 members (excludes halogenated alkanes) is 1. The topological polar surface area (TPSA) is 37.4 Å². The summed E-state index contributed by atoms with van der Waals surface area (Å²) in [6, 6.07) is 3.66. The van der Waals surface area contributed by atoms with E-state index in [0.717, 1.165) is 36.0 Å². The molecule has 1 aromatic heterocycles. The van der Waals surface area contributed by atoms with E-state index in [-0.39, 0.29) is 11.8 Å². The standard InChI is InChI=1S/C18H18ClNO2S/c1-4-5-6-12-14(19)10(2)9-11(3)15(12)20-17(21)13-7-8-23-16(13)18(20)22/h7-9H,4-6H2,1-3H3. The number of anilines is 1. The number of amides is 2. The maximum absolute atomic E-state index is 12.7. The zero-order chi connectivity index (χ0) is 16.7. The fourth-order valence-electron chi connectivity index (χ4n) is 3.09. The van der Waals surface area contributed by atoms with Gasteiger partial charge in [0.15, 0.2) is 0 Å². The van der Waals surface area contributed by atoms with E-state index >= 15 is 0 Å². The SMILES string of the molecule is CCCCc1c(Cl)c(C)cc(C)c1N1C(=O)c2ccsc2C1=O. The molecule has 0 aliphatic carbocycles. The van der Waals surface area contributed by atoms with Crippen LogP contribution in [0.15, 0.2) is 17.5 Å². The second kappa shape index (κ2) is 6.10. The van der Waals surface area contributed by atoms with Crippen LogP contribution in [0.5, 0.6) is 0 Å². The molecule has 3 rings (SSSR count). The van der Waals surface area contributed by atoms with Crippen molar-refractivity contribution in [3.63, 3.8) is 0 Å². The van der Waals surface area contributed by atoms with Crippen molar-refractivity contribution in [2.24, 2.45) is 0 Å². The molecular formula is C18H18ClNO2S. The van der Waals surface area contributed by atoms with Gasteiger partial charge in [0.2, 0.25) is 0 Å². The Balaban J connectivity index is 2.17. The average Bonchev–Trinajstić information content (AvgIpc) is 3.08. The number of halogens is 1. The first-order chi connectivity index (χ1) is 11.0. The lowest BCUT2D eigenvalue weighted by Gasteiger charge is -2.23. The van der Waals surface area contributed by atoms with Crippen LogP contribution in [0.25, 0.3) is 0 Å². The molecule has 0 unspecified atom stereocenters. The summed E-state index contributed by atoms with van der Waals surface area (Å²) in [6.45, 7) is 6.00. The van der Waals surface area contributed by atoms with Crippen molar-refractivity contribution in [1.29, 1.82) is 0 Å². The van der Waals surface area contributed by atoms with E-state index in [1.54, 1.807) is 11.4 Å². The first-order valence-electron chi connectivity index (χ1n) is 7.72. The highest BCUT2D eigenvalue weighted by atomic mass is 35.5. The van der Waals surface area contributed by atoms with Crippen LogP contribution < -0.4 is 4.90 Å². The summed E-state index contributed by atoms with van der Waals surface area (Å²) in [7, 11) is 0. The minimum Gasteiger partial charge on any atom is -0.268 e. The van der Waals surface area contributed by atoms with Crippen molar-refractivity contribution in [3.8, 4) is 0 Å². The average molecular weight is 348 g/mol. The molecule has 0 N–H and O–H groups in total. The number of fused-ring (bicyclic) bond motifs is 1. The minimum absolute atomic E-state index is 0.235. The monoisotopic (exact) mass is 347 g/mol. The second-order valence-electron chi connectivity index (χ2n) is 5.86. The quantitative estimate of drug-likeness (QED) is 0.716. The summed E-state index contributed by atoms with van der Waals surface area (Å²) in [6.07, 6.45) is 2.75. The molecule has 120 valence electrons. The number of nitrogens with zero attached hydrogens (tertiary/aromatic N) is 1. The summed E-state index contributed by atoms with van der Waals surface area (Å²) < 4.78 is 0. The van der Waals surface area contributed by atoms with E-state index in [2.05, 4.69) is 6.92 Å². The van der Waals surface area contributed by atoms with Crippen LogP contribution in [0.1, 0.15) is 56.5 Å². The zero-order valence-corrected chi connectivity index (χ0v) is 15.0. The molecule has 0 radical (unpaired) electrons. The van der Waals surface area contributed by atoms with Crippen molar-refractivity contribution in [3.05, 3.63) is 49.7 Å². The maximum Gasteiger partial charge on any atom is 0.276 e. The van der Waals surface area contributed by atoms with E-state index < -0.39 is 0 Å². The molecule has 0 atom stereocenters. The van der Waals surface area contributed by atoms with Crippen molar-refractivity contribution in [2.75, 3.05) is 4.90 Å². The highest BCUT2D eigenvalue weighted by Crippen LogP contribution is 2.40. The number of benzene rings is 1. The predicted octanol–water partition coefficient (Wildman–Crippen LogP) is 5.16. The fourth-order valence-corrected chi connectivity index (χ4v) is 4.14. The molecule has 1 aliphatic rings. The number of hydrogen-bond acceptors (Lipinski definition) is 3. The largest absolute Gasteiger partial charge is 0.276 e. The van der Waals surface area contributed by atoms with Gasteiger partial charge >= 0.3 is 0 Å². The van der Waals surface area contributed by atoms with Gasteiger partial charge in [0, 0.05) is 5.02 Å². The Morgan fingerprint density at radius 1 is 1.17 bits per heavy atom. The molecule has 23 heavy (non-hydrogen) atoms. The molecule has 2 amide bonds. The Hall–Kier alpha value is -1.65. The third-order valence-electron chi connectivity index (χ3n) is 4.20. The number of thiophene rings is 1. The van der Waals surface area contributed by atoms with Gasteiger partial charge in [-0.3, -0.25) is 9.59 Å². The molecule has 0 saturated carbocycles. The van der Waals surface area contributed by atoms with Crippen LogP contribution in [0.4, 0.5) is 5.69 Å². The number of rotatable bonds is 4. The van der Waals surface area contributed by atoms with Gasteiger partial charge in [-0.15, -0.1) is 11.3 Å². The highest BCUT2D eigenvalue weighted by Gasteiger charge is 2.39. The first kappa shape index (κ1) is 16.2. The van der Waals surface area contributed by atoms with Crippen molar-refractivity contribution < 1.29 is 9.59 Å². The Kier molecular flexibility index (Phi) is 4.30. The summed E-state index contributed by atoms with van der Waals surface area (Å²) in [5.74, 6) is -0.479. The first-order valence-corrected chi connectivity index (χ1v) is 8.98. The normalized spacial score (nSPS) is 13.8. The van der Waals surface area contributed by atoms with Crippen LogP contribution in [0.3, 0.4) is 0 Å².